The maximum atomic E-state index is 11.5. The Morgan fingerprint density at radius 1 is 1.22 bits per heavy atom. The van der Waals surface area contributed by atoms with Crippen LogP contribution in [0.2, 0.25) is 18.1 Å². The largest absolute Gasteiger partial charge is 0.463 e. The molecule has 1 rings (SSSR count). The first-order valence-corrected chi connectivity index (χ1v) is 11.1. The van der Waals surface area contributed by atoms with Crippen LogP contribution >= 0.6 is 0 Å². The third kappa shape index (κ3) is 6.32. The fourth-order valence-electron chi connectivity index (χ4n) is 1.93. The van der Waals surface area contributed by atoms with Crippen LogP contribution in [0.25, 0.3) is 0 Å². The molecule has 1 aromatic rings. The van der Waals surface area contributed by atoms with E-state index in [-0.39, 0.29) is 17.1 Å². The van der Waals surface area contributed by atoms with Crippen LogP contribution in [-0.4, -0.2) is 20.9 Å². The zero-order valence-corrected chi connectivity index (χ0v) is 16.3. The van der Waals surface area contributed by atoms with E-state index < -0.39 is 8.32 Å². The quantitative estimate of drug-likeness (QED) is 0.388. The van der Waals surface area contributed by atoms with Crippen molar-refractivity contribution in [3.05, 3.63) is 48.0 Å². The summed E-state index contributed by atoms with van der Waals surface area (Å²) in [5.74, 6) is -0.299. The molecule has 3 nitrogen and oxygen atoms in total. The first-order chi connectivity index (χ1) is 10.7. The minimum atomic E-state index is -1.89. The minimum absolute atomic E-state index is 0.0391. The molecule has 0 saturated heterocycles. The summed E-state index contributed by atoms with van der Waals surface area (Å²) in [6.45, 7) is 13.4. The van der Waals surface area contributed by atoms with E-state index in [2.05, 4.69) is 46.0 Å². The van der Waals surface area contributed by atoms with Crippen LogP contribution in [0.5, 0.6) is 0 Å². The Hall–Kier alpha value is -1.39. The highest BCUT2D eigenvalue weighted by Crippen LogP contribution is 2.40. The van der Waals surface area contributed by atoms with Gasteiger partial charge in [0.05, 0.1) is 12.7 Å². The highest BCUT2D eigenvalue weighted by atomic mass is 28.4. The van der Waals surface area contributed by atoms with Crippen molar-refractivity contribution < 1.29 is 14.0 Å². The van der Waals surface area contributed by atoms with Gasteiger partial charge in [0.15, 0.2) is 8.32 Å². The lowest BCUT2D eigenvalue weighted by Gasteiger charge is -2.39. The third-order valence-electron chi connectivity index (χ3n) is 4.31. The second-order valence-corrected chi connectivity index (χ2v) is 11.9. The summed E-state index contributed by atoms with van der Waals surface area (Å²) in [7, 11) is -1.89. The van der Waals surface area contributed by atoms with E-state index in [1.54, 1.807) is 6.92 Å². The second kappa shape index (κ2) is 8.46. The highest BCUT2D eigenvalue weighted by Gasteiger charge is 2.39. The van der Waals surface area contributed by atoms with Crippen molar-refractivity contribution in [1.29, 1.82) is 0 Å². The Kier molecular flexibility index (Phi) is 7.23. The van der Waals surface area contributed by atoms with Gasteiger partial charge in [0.1, 0.15) is 0 Å². The molecule has 0 spiro atoms. The molecule has 128 valence electrons. The molecular weight excluding hydrogens is 304 g/mol. The lowest BCUT2D eigenvalue weighted by molar-refractivity contribution is -0.137. The van der Waals surface area contributed by atoms with Gasteiger partial charge in [0.25, 0.3) is 0 Å². The Labute approximate surface area is 141 Å². The first kappa shape index (κ1) is 19.7. The predicted octanol–water partition coefficient (Wildman–Crippen LogP) is 5.26. The van der Waals surface area contributed by atoms with E-state index in [9.17, 15) is 4.79 Å². The summed E-state index contributed by atoms with van der Waals surface area (Å²) in [5, 5.41) is 0.144. The van der Waals surface area contributed by atoms with Crippen LogP contribution in [0.3, 0.4) is 0 Å². The predicted molar refractivity (Wildman–Crippen MR) is 97.9 cm³/mol. The van der Waals surface area contributed by atoms with Gasteiger partial charge in [-0.05, 0) is 37.0 Å². The van der Waals surface area contributed by atoms with Crippen LogP contribution in [-0.2, 0) is 14.0 Å². The van der Waals surface area contributed by atoms with Crippen LogP contribution < -0.4 is 0 Å². The van der Waals surface area contributed by atoms with Crippen molar-refractivity contribution in [3.63, 3.8) is 0 Å². The fourth-order valence-corrected chi connectivity index (χ4v) is 3.23. The Balaban J connectivity index is 2.89. The Bertz CT molecular complexity index is 515. The molecule has 0 fully saturated rings. The van der Waals surface area contributed by atoms with Crippen molar-refractivity contribution in [1.82, 2.24) is 0 Å². The number of carbonyl (C=O) groups excluding carboxylic acids is 1. The van der Waals surface area contributed by atoms with Crippen LogP contribution in [0.1, 0.15) is 45.8 Å². The molecular formula is C19H30O3Si. The minimum Gasteiger partial charge on any atom is -0.463 e. The van der Waals surface area contributed by atoms with Crippen molar-refractivity contribution in [2.45, 2.75) is 58.4 Å². The van der Waals surface area contributed by atoms with Gasteiger partial charge in [0, 0.05) is 6.08 Å². The molecule has 0 N–H and O–H groups in total. The number of hydrogen-bond donors (Lipinski definition) is 0. The van der Waals surface area contributed by atoms with Crippen LogP contribution in [0.4, 0.5) is 0 Å². The number of rotatable bonds is 7. The van der Waals surface area contributed by atoms with E-state index in [4.69, 9.17) is 9.16 Å². The fraction of sp³-hybridized carbons (Fsp3) is 0.526. The molecule has 0 bridgehead atoms. The zero-order valence-electron chi connectivity index (χ0n) is 15.3. The summed E-state index contributed by atoms with van der Waals surface area (Å²) in [6, 6.07) is 10.2. The van der Waals surface area contributed by atoms with E-state index in [1.165, 1.54) is 6.08 Å². The van der Waals surface area contributed by atoms with E-state index in [1.807, 2.05) is 24.3 Å². The topological polar surface area (TPSA) is 35.5 Å². The van der Waals surface area contributed by atoms with Crippen molar-refractivity contribution in [2.24, 2.45) is 0 Å². The van der Waals surface area contributed by atoms with E-state index >= 15 is 0 Å². The molecule has 23 heavy (non-hydrogen) atoms. The molecule has 1 unspecified atom stereocenters. The Morgan fingerprint density at radius 3 is 2.35 bits per heavy atom. The summed E-state index contributed by atoms with van der Waals surface area (Å²) in [5.41, 5.74) is 1.14. The smallest absolute Gasteiger partial charge is 0.330 e. The zero-order chi connectivity index (χ0) is 17.5. The summed E-state index contributed by atoms with van der Waals surface area (Å²) in [6.07, 6.45) is 3.97. The molecule has 1 aromatic carbocycles. The molecule has 0 radical (unpaired) electrons. The lowest BCUT2D eigenvalue weighted by atomic mass is 10.1. The number of esters is 1. The molecule has 0 aliphatic heterocycles. The average Bonchev–Trinajstić information content (AvgIpc) is 2.46. The maximum Gasteiger partial charge on any atom is 0.330 e. The van der Waals surface area contributed by atoms with E-state index in [0.29, 0.717) is 13.0 Å². The molecule has 0 heterocycles. The normalized spacial score (nSPS) is 14.0. The molecule has 0 aromatic heterocycles. The molecule has 0 saturated carbocycles. The molecule has 0 aliphatic carbocycles. The number of ether oxygens (including phenoxy) is 1. The van der Waals surface area contributed by atoms with Gasteiger partial charge in [-0.15, -0.1) is 0 Å². The third-order valence-corrected chi connectivity index (χ3v) is 8.79. The Morgan fingerprint density at radius 2 is 1.83 bits per heavy atom. The highest BCUT2D eigenvalue weighted by molar-refractivity contribution is 6.74. The van der Waals surface area contributed by atoms with Crippen molar-refractivity contribution >= 4 is 14.3 Å². The number of benzene rings is 1. The monoisotopic (exact) mass is 334 g/mol. The molecule has 0 aliphatic rings. The summed E-state index contributed by atoms with van der Waals surface area (Å²) < 4.78 is 11.5. The van der Waals surface area contributed by atoms with Crippen LogP contribution in [0.15, 0.2) is 42.5 Å². The SMILES string of the molecule is CCOC(=O)/C=C/CC(O[Si](C)(C)C(C)(C)C)c1ccccc1. The lowest BCUT2D eigenvalue weighted by Crippen LogP contribution is -2.41. The second-order valence-electron chi connectivity index (χ2n) is 7.17. The summed E-state index contributed by atoms with van der Waals surface area (Å²) in [4.78, 5) is 11.5. The van der Waals surface area contributed by atoms with E-state index in [0.717, 1.165) is 5.56 Å². The van der Waals surface area contributed by atoms with Gasteiger partial charge in [0.2, 0.25) is 0 Å². The average molecular weight is 335 g/mol. The number of carbonyl (C=O) groups is 1. The molecule has 1 atom stereocenters. The standard InChI is InChI=1S/C19H30O3Si/c1-7-21-18(20)15-11-14-17(16-12-9-8-10-13-16)22-23(5,6)19(2,3)4/h8-13,15,17H,7,14H2,1-6H3/b15-11+. The van der Waals surface area contributed by atoms with Gasteiger partial charge in [-0.2, -0.15) is 0 Å². The first-order valence-electron chi connectivity index (χ1n) is 8.23. The molecule has 0 amide bonds. The van der Waals surface area contributed by atoms with Gasteiger partial charge in [-0.3, -0.25) is 0 Å². The van der Waals surface area contributed by atoms with Gasteiger partial charge in [-0.1, -0.05) is 57.2 Å². The van der Waals surface area contributed by atoms with Gasteiger partial charge in [-0.25, -0.2) is 4.79 Å². The number of hydrogen-bond acceptors (Lipinski definition) is 3. The van der Waals surface area contributed by atoms with Gasteiger partial charge < -0.3 is 9.16 Å². The van der Waals surface area contributed by atoms with Crippen molar-refractivity contribution in [2.75, 3.05) is 6.61 Å². The van der Waals surface area contributed by atoms with Crippen LogP contribution in [0, 0.1) is 0 Å². The molecule has 4 heteroatoms. The summed E-state index contributed by atoms with van der Waals surface area (Å²) >= 11 is 0. The maximum absolute atomic E-state index is 11.5. The van der Waals surface area contributed by atoms with Gasteiger partial charge >= 0.3 is 5.97 Å². The van der Waals surface area contributed by atoms with Crippen molar-refractivity contribution in [3.8, 4) is 0 Å².